The van der Waals surface area contributed by atoms with Crippen LogP contribution in [0, 0.1) is 16.7 Å². The predicted octanol–water partition coefficient (Wildman–Crippen LogP) is 5.65. The average Bonchev–Trinajstić information content (AvgIpc) is 2.41. The molecular formula is C20H34O. The summed E-state index contributed by atoms with van der Waals surface area (Å²) in [5, 5.41) is 10.3. The number of rotatable bonds is 4. The molecule has 21 heavy (non-hydrogen) atoms. The van der Waals surface area contributed by atoms with Gasteiger partial charge in [0.1, 0.15) is 0 Å². The summed E-state index contributed by atoms with van der Waals surface area (Å²) in [6.07, 6.45) is 10.1. The van der Waals surface area contributed by atoms with E-state index < -0.39 is 5.60 Å². The Kier molecular flexibility index (Phi) is 4.46. The van der Waals surface area contributed by atoms with Crippen molar-refractivity contribution in [3.05, 3.63) is 23.8 Å². The second-order valence-corrected chi connectivity index (χ2v) is 8.61. The van der Waals surface area contributed by atoms with Crippen LogP contribution in [0.3, 0.4) is 0 Å². The summed E-state index contributed by atoms with van der Waals surface area (Å²) in [7, 11) is 0. The van der Waals surface area contributed by atoms with E-state index in [-0.39, 0.29) is 5.41 Å². The van der Waals surface area contributed by atoms with E-state index in [4.69, 9.17) is 0 Å². The molecule has 1 heteroatoms. The third-order valence-corrected chi connectivity index (χ3v) is 6.60. The summed E-state index contributed by atoms with van der Waals surface area (Å²) >= 11 is 0. The highest BCUT2D eigenvalue weighted by molar-refractivity contribution is 5.32. The van der Waals surface area contributed by atoms with Crippen LogP contribution < -0.4 is 0 Å². The van der Waals surface area contributed by atoms with E-state index in [0.29, 0.717) is 11.3 Å². The first-order chi connectivity index (χ1) is 9.62. The quantitative estimate of drug-likeness (QED) is 0.664. The third kappa shape index (κ3) is 3.13. The minimum Gasteiger partial charge on any atom is -0.386 e. The van der Waals surface area contributed by atoms with Crippen LogP contribution in [0.1, 0.15) is 79.6 Å². The molecule has 0 aromatic heterocycles. The lowest BCUT2D eigenvalue weighted by Crippen LogP contribution is -2.39. The number of aliphatic hydroxyl groups is 1. The predicted molar refractivity (Wildman–Crippen MR) is 91.2 cm³/mol. The molecule has 2 rings (SSSR count). The van der Waals surface area contributed by atoms with Crippen molar-refractivity contribution >= 4 is 0 Å². The fraction of sp³-hybridized carbons (Fsp3) is 0.800. The first-order valence-electron chi connectivity index (χ1n) is 8.71. The van der Waals surface area contributed by atoms with Crippen LogP contribution in [0.25, 0.3) is 0 Å². The van der Waals surface area contributed by atoms with Crippen molar-refractivity contribution in [1.29, 1.82) is 0 Å². The first-order valence-corrected chi connectivity index (χ1v) is 8.71. The number of hydrogen-bond acceptors (Lipinski definition) is 1. The Labute approximate surface area is 131 Å². The van der Waals surface area contributed by atoms with E-state index in [2.05, 4.69) is 34.3 Å². The molecule has 3 unspecified atom stereocenters. The van der Waals surface area contributed by atoms with Crippen molar-refractivity contribution in [2.75, 3.05) is 0 Å². The third-order valence-electron chi connectivity index (χ3n) is 6.60. The zero-order valence-corrected chi connectivity index (χ0v) is 14.8. The summed E-state index contributed by atoms with van der Waals surface area (Å²) in [6, 6.07) is 0. The van der Waals surface area contributed by atoms with Gasteiger partial charge in [-0.2, -0.15) is 0 Å². The molecule has 3 atom stereocenters. The highest BCUT2D eigenvalue weighted by Gasteiger charge is 2.44. The zero-order chi connectivity index (χ0) is 15.9. The Bertz CT molecular complexity index is 441. The van der Waals surface area contributed by atoms with Gasteiger partial charge in [0.05, 0.1) is 5.60 Å². The van der Waals surface area contributed by atoms with E-state index in [0.717, 1.165) is 12.8 Å². The minimum absolute atomic E-state index is 0.262. The van der Waals surface area contributed by atoms with Crippen molar-refractivity contribution in [3.8, 4) is 0 Å². The smallest absolute Gasteiger partial charge is 0.0797 e. The van der Waals surface area contributed by atoms with Gasteiger partial charge in [-0.25, -0.2) is 0 Å². The van der Waals surface area contributed by atoms with Crippen molar-refractivity contribution in [3.63, 3.8) is 0 Å². The summed E-state index contributed by atoms with van der Waals surface area (Å²) in [5.74, 6) is 0.714. The standard InChI is InChI=1S/C20H34O/c1-7-19(5,21)13-14-20(6)15(2)10-11-16-17(20)9-8-12-18(16,3)4/h7,15,21H,1,8-14H2,2-6H3. The number of hydrogen-bond donors (Lipinski definition) is 1. The SMILES string of the molecule is C=CC(C)(O)CCC1(C)C2=C(CCC1C)C(C)(C)CCC2. The van der Waals surface area contributed by atoms with E-state index in [1.807, 2.05) is 6.92 Å². The maximum absolute atomic E-state index is 10.3. The molecule has 120 valence electrons. The Morgan fingerprint density at radius 3 is 2.57 bits per heavy atom. The van der Waals surface area contributed by atoms with Gasteiger partial charge in [0.25, 0.3) is 0 Å². The van der Waals surface area contributed by atoms with Crippen LogP contribution in [0.15, 0.2) is 23.8 Å². The minimum atomic E-state index is -0.731. The van der Waals surface area contributed by atoms with Crippen LogP contribution in [-0.2, 0) is 0 Å². The molecule has 0 radical (unpaired) electrons. The first kappa shape index (κ1) is 16.8. The summed E-state index contributed by atoms with van der Waals surface area (Å²) in [5.41, 5.74) is 3.39. The molecule has 0 heterocycles. The molecule has 0 saturated carbocycles. The lowest BCUT2D eigenvalue weighted by atomic mass is 9.55. The summed E-state index contributed by atoms with van der Waals surface area (Å²) in [6.45, 7) is 15.4. The normalized spacial score (nSPS) is 35.0. The molecular weight excluding hydrogens is 256 g/mol. The van der Waals surface area contributed by atoms with Crippen molar-refractivity contribution in [2.24, 2.45) is 16.7 Å². The van der Waals surface area contributed by atoms with Gasteiger partial charge in [-0.3, -0.25) is 0 Å². The number of allylic oxidation sites excluding steroid dienone is 2. The fourth-order valence-corrected chi connectivity index (χ4v) is 4.53. The molecule has 0 bridgehead atoms. The molecule has 0 amide bonds. The van der Waals surface area contributed by atoms with Gasteiger partial charge in [0.2, 0.25) is 0 Å². The Morgan fingerprint density at radius 1 is 1.29 bits per heavy atom. The van der Waals surface area contributed by atoms with Gasteiger partial charge >= 0.3 is 0 Å². The monoisotopic (exact) mass is 290 g/mol. The topological polar surface area (TPSA) is 20.2 Å². The van der Waals surface area contributed by atoms with Crippen LogP contribution in [0.2, 0.25) is 0 Å². The van der Waals surface area contributed by atoms with Gasteiger partial charge in [-0.05, 0) is 68.6 Å². The molecule has 1 N–H and O–H groups in total. The Hall–Kier alpha value is -0.560. The fourth-order valence-electron chi connectivity index (χ4n) is 4.53. The molecule has 0 spiro atoms. The van der Waals surface area contributed by atoms with Crippen LogP contribution in [-0.4, -0.2) is 10.7 Å². The Balaban J connectivity index is 2.32. The molecule has 2 aliphatic carbocycles. The highest BCUT2D eigenvalue weighted by atomic mass is 16.3. The summed E-state index contributed by atoms with van der Waals surface area (Å²) < 4.78 is 0. The second-order valence-electron chi connectivity index (χ2n) is 8.61. The van der Waals surface area contributed by atoms with Gasteiger partial charge in [0.15, 0.2) is 0 Å². The maximum atomic E-state index is 10.3. The molecule has 0 aromatic rings. The van der Waals surface area contributed by atoms with E-state index in [1.165, 1.54) is 32.1 Å². The molecule has 0 aromatic carbocycles. The van der Waals surface area contributed by atoms with Crippen LogP contribution >= 0.6 is 0 Å². The van der Waals surface area contributed by atoms with Crippen molar-refractivity contribution < 1.29 is 5.11 Å². The van der Waals surface area contributed by atoms with E-state index in [9.17, 15) is 5.11 Å². The molecule has 0 fully saturated rings. The van der Waals surface area contributed by atoms with E-state index >= 15 is 0 Å². The van der Waals surface area contributed by atoms with Crippen molar-refractivity contribution in [1.82, 2.24) is 0 Å². The van der Waals surface area contributed by atoms with Crippen molar-refractivity contribution in [2.45, 2.75) is 85.2 Å². The molecule has 2 aliphatic rings. The van der Waals surface area contributed by atoms with Gasteiger partial charge in [0, 0.05) is 0 Å². The lowest BCUT2D eigenvalue weighted by molar-refractivity contribution is 0.0711. The van der Waals surface area contributed by atoms with Gasteiger partial charge in [-0.1, -0.05) is 44.9 Å². The van der Waals surface area contributed by atoms with Gasteiger partial charge < -0.3 is 5.11 Å². The van der Waals surface area contributed by atoms with Crippen LogP contribution in [0.5, 0.6) is 0 Å². The average molecular weight is 290 g/mol. The molecule has 0 aliphatic heterocycles. The van der Waals surface area contributed by atoms with Crippen LogP contribution in [0.4, 0.5) is 0 Å². The van der Waals surface area contributed by atoms with Gasteiger partial charge in [-0.15, -0.1) is 6.58 Å². The Morgan fingerprint density at radius 2 is 1.95 bits per heavy atom. The molecule has 0 saturated heterocycles. The zero-order valence-electron chi connectivity index (χ0n) is 14.8. The second kappa shape index (κ2) is 5.57. The highest BCUT2D eigenvalue weighted by Crippen LogP contribution is 2.56. The van der Waals surface area contributed by atoms with E-state index in [1.54, 1.807) is 17.2 Å². The summed E-state index contributed by atoms with van der Waals surface area (Å²) in [4.78, 5) is 0. The largest absolute Gasteiger partial charge is 0.386 e. The lowest BCUT2D eigenvalue weighted by Gasteiger charge is -2.50. The molecule has 1 nitrogen and oxygen atoms in total. The maximum Gasteiger partial charge on any atom is 0.0797 e.